The maximum Gasteiger partial charge on any atom is 0.240 e. The molecule has 3 aromatic rings. The minimum absolute atomic E-state index is 0.431. The highest BCUT2D eigenvalue weighted by Crippen LogP contribution is 2.31. The van der Waals surface area contributed by atoms with Gasteiger partial charge >= 0.3 is 0 Å². The van der Waals surface area contributed by atoms with E-state index < -0.39 is 0 Å². The predicted molar refractivity (Wildman–Crippen MR) is 86.3 cm³/mol. The van der Waals surface area contributed by atoms with Crippen LogP contribution in [0.4, 0.5) is 11.8 Å². The molecule has 7 heteroatoms. The fourth-order valence-electron chi connectivity index (χ4n) is 2.22. The molecule has 3 rings (SSSR count). The Kier molecular flexibility index (Phi) is 3.68. The van der Waals surface area contributed by atoms with Crippen molar-refractivity contribution in [3.8, 4) is 0 Å². The van der Waals surface area contributed by atoms with Crippen LogP contribution < -0.4 is 16.2 Å². The molecule has 0 fully saturated rings. The molecule has 0 atom stereocenters. The molecule has 108 valence electrons. The fraction of sp³-hybridized carbons (Fsp3) is 0.214. The second-order valence-corrected chi connectivity index (χ2v) is 6.04. The number of anilines is 2. The van der Waals surface area contributed by atoms with Crippen molar-refractivity contribution in [2.75, 3.05) is 17.4 Å². The first-order chi connectivity index (χ1) is 10.2. The Morgan fingerprint density at radius 1 is 1.29 bits per heavy atom. The zero-order valence-electron chi connectivity index (χ0n) is 11.9. The number of hydrogen-bond acceptors (Lipinski definition) is 7. The topological polar surface area (TPSA) is 80.0 Å². The Morgan fingerprint density at radius 3 is 2.76 bits per heavy atom. The molecule has 0 saturated heterocycles. The quantitative estimate of drug-likeness (QED) is 0.568. The summed E-state index contributed by atoms with van der Waals surface area (Å²) in [5.74, 6) is 6.77. The SMILES string of the molecule is Cc1cc2c(N(C)Cc3ccncc3)nc(NN)nc2s1. The van der Waals surface area contributed by atoms with E-state index in [2.05, 4.69) is 38.3 Å². The zero-order valence-corrected chi connectivity index (χ0v) is 12.7. The van der Waals surface area contributed by atoms with Crippen LogP contribution in [0.5, 0.6) is 0 Å². The van der Waals surface area contributed by atoms with Crippen molar-refractivity contribution in [1.82, 2.24) is 15.0 Å². The van der Waals surface area contributed by atoms with Crippen LogP contribution >= 0.6 is 11.3 Å². The summed E-state index contributed by atoms with van der Waals surface area (Å²) < 4.78 is 0. The van der Waals surface area contributed by atoms with Gasteiger partial charge in [-0.2, -0.15) is 4.98 Å². The number of hydrogen-bond donors (Lipinski definition) is 2. The van der Waals surface area contributed by atoms with E-state index in [-0.39, 0.29) is 0 Å². The van der Waals surface area contributed by atoms with Crippen molar-refractivity contribution in [1.29, 1.82) is 0 Å². The fourth-order valence-corrected chi connectivity index (χ4v) is 3.09. The third-order valence-electron chi connectivity index (χ3n) is 3.16. The van der Waals surface area contributed by atoms with E-state index >= 15 is 0 Å². The number of pyridine rings is 1. The summed E-state index contributed by atoms with van der Waals surface area (Å²) in [5.41, 5.74) is 3.71. The van der Waals surface area contributed by atoms with Gasteiger partial charge in [0, 0.05) is 30.9 Å². The molecule has 3 N–H and O–H groups in total. The molecule has 0 aliphatic rings. The molecule has 0 radical (unpaired) electrons. The predicted octanol–water partition coefficient (Wildman–Crippen LogP) is 2.32. The summed E-state index contributed by atoms with van der Waals surface area (Å²) in [4.78, 5) is 17.2. The molecule has 0 spiro atoms. The standard InChI is InChI=1S/C14H16N6S/c1-9-7-11-12(17-14(19-15)18-13(11)21-9)20(2)8-10-3-5-16-6-4-10/h3-7H,8,15H2,1-2H3,(H,17,18,19). The van der Waals surface area contributed by atoms with Crippen LogP contribution in [0.2, 0.25) is 0 Å². The Hall–Kier alpha value is -2.25. The Balaban J connectivity index is 2.01. The number of nitrogen functional groups attached to an aromatic ring is 1. The lowest BCUT2D eigenvalue weighted by Crippen LogP contribution is -2.20. The number of thiophene rings is 1. The third kappa shape index (κ3) is 2.79. The molecule has 3 heterocycles. The van der Waals surface area contributed by atoms with Gasteiger partial charge in [-0.1, -0.05) is 0 Å². The van der Waals surface area contributed by atoms with Crippen LogP contribution in [0.25, 0.3) is 10.2 Å². The van der Waals surface area contributed by atoms with Crippen molar-refractivity contribution >= 4 is 33.3 Å². The summed E-state index contributed by atoms with van der Waals surface area (Å²) in [5, 5.41) is 1.05. The number of nitrogens with two attached hydrogens (primary N) is 1. The van der Waals surface area contributed by atoms with E-state index in [0.29, 0.717) is 5.95 Å². The van der Waals surface area contributed by atoms with Gasteiger partial charge in [-0.3, -0.25) is 10.4 Å². The number of aromatic nitrogens is 3. The van der Waals surface area contributed by atoms with Crippen LogP contribution in [-0.4, -0.2) is 22.0 Å². The van der Waals surface area contributed by atoms with E-state index in [9.17, 15) is 0 Å². The zero-order chi connectivity index (χ0) is 14.8. The second-order valence-electron chi connectivity index (χ2n) is 4.80. The van der Waals surface area contributed by atoms with Crippen LogP contribution in [0.15, 0.2) is 30.6 Å². The number of aryl methyl sites for hydroxylation is 1. The molecule has 0 saturated carbocycles. The lowest BCUT2D eigenvalue weighted by atomic mass is 10.2. The monoisotopic (exact) mass is 300 g/mol. The van der Waals surface area contributed by atoms with Gasteiger partial charge in [-0.15, -0.1) is 11.3 Å². The van der Waals surface area contributed by atoms with Gasteiger partial charge in [0.1, 0.15) is 10.6 Å². The molecule has 0 aromatic carbocycles. The van der Waals surface area contributed by atoms with Crippen LogP contribution in [0.3, 0.4) is 0 Å². The van der Waals surface area contributed by atoms with Gasteiger partial charge < -0.3 is 4.90 Å². The van der Waals surface area contributed by atoms with Gasteiger partial charge in [0.2, 0.25) is 5.95 Å². The van der Waals surface area contributed by atoms with Crippen LogP contribution in [0, 0.1) is 6.92 Å². The smallest absolute Gasteiger partial charge is 0.240 e. The van der Waals surface area contributed by atoms with Gasteiger partial charge in [0.05, 0.1) is 5.39 Å². The van der Waals surface area contributed by atoms with Gasteiger partial charge in [-0.25, -0.2) is 10.8 Å². The largest absolute Gasteiger partial charge is 0.355 e. The van der Waals surface area contributed by atoms with E-state index in [1.807, 2.05) is 19.2 Å². The molecule has 0 bridgehead atoms. The highest BCUT2D eigenvalue weighted by Gasteiger charge is 2.14. The lowest BCUT2D eigenvalue weighted by molar-refractivity contribution is 0.898. The molecular weight excluding hydrogens is 284 g/mol. The third-order valence-corrected chi connectivity index (χ3v) is 4.10. The van der Waals surface area contributed by atoms with Gasteiger partial charge in [0.25, 0.3) is 0 Å². The van der Waals surface area contributed by atoms with Crippen LogP contribution in [0.1, 0.15) is 10.4 Å². The van der Waals surface area contributed by atoms with Crippen molar-refractivity contribution in [2.45, 2.75) is 13.5 Å². The number of nitrogens with one attached hydrogen (secondary N) is 1. The highest BCUT2D eigenvalue weighted by molar-refractivity contribution is 7.18. The molecule has 0 unspecified atom stereocenters. The average Bonchev–Trinajstić information content (AvgIpc) is 2.87. The first-order valence-electron chi connectivity index (χ1n) is 6.52. The number of hydrazine groups is 1. The minimum atomic E-state index is 0.431. The lowest BCUT2D eigenvalue weighted by Gasteiger charge is -2.19. The second kappa shape index (κ2) is 5.63. The number of nitrogens with zero attached hydrogens (tertiary/aromatic N) is 4. The van der Waals surface area contributed by atoms with E-state index in [1.165, 1.54) is 10.4 Å². The summed E-state index contributed by atoms with van der Waals surface area (Å²) in [6.07, 6.45) is 3.58. The highest BCUT2D eigenvalue weighted by atomic mass is 32.1. The van der Waals surface area contributed by atoms with Crippen molar-refractivity contribution in [3.63, 3.8) is 0 Å². The number of fused-ring (bicyclic) bond motifs is 1. The molecule has 21 heavy (non-hydrogen) atoms. The molecule has 3 aromatic heterocycles. The van der Waals surface area contributed by atoms with Crippen LogP contribution in [-0.2, 0) is 6.54 Å². The van der Waals surface area contributed by atoms with E-state index in [1.54, 1.807) is 23.7 Å². The summed E-state index contributed by atoms with van der Waals surface area (Å²) in [6, 6.07) is 6.10. The molecule has 0 aliphatic heterocycles. The normalized spacial score (nSPS) is 10.8. The Labute approximate surface area is 126 Å². The maximum absolute atomic E-state index is 5.47. The molecule has 0 amide bonds. The van der Waals surface area contributed by atoms with Crippen molar-refractivity contribution < 1.29 is 0 Å². The maximum atomic E-state index is 5.47. The van der Waals surface area contributed by atoms with Crippen molar-refractivity contribution in [2.24, 2.45) is 5.84 Å². The summed E-state index contributed by atoms with van der Waals surface area (Å²) in [6.45, 7) is 2.81. The average molecular weight is 300 g/mol. The Bertz CT molecular complexity index is 755. The first-order valence-corrected chi connectivity index (χ1v) is 7.34. The molecule has 0 aliphatic carbocycles. The van der Waals surface area contributed by atoms with Gasteiger partial charge in [0.15, 0.2) is 0 Å². The number of rotatable bonds is 4. The van der Waals surface area contributed by atoms with E-state index in [0.717, 1.165) is 22.6 Å². The van der Waals surface area contributed by atoms with Gasteiger partial charge in [-0.05, 0) is 30.7 Å². The van der Waals surface area contributed by atoms with Crippen molar-refractivity contribution in [3.05, 3.63) is 41.0 Å². The Morgan fingerprint density at radius 2 is 2.05 bits per heavy atom. The summed E-state index contributed by atoms with van der Waals surface area (Å²) in [7, 11) is 2.01. The first kappa shape index (κ1) is 13.7. The van der Waals surface area contributed by atoms with E-state index in [4.69, 9.17) is 5.84 Å². The molecule has 6 nitrogen and oxygen atoms in total. The minimum Gasteiger partial charge on any atom is -0.355 e. The summed E-state index contributed by atoms with van der Waals surface area (Å²) >= 11 is 1.64. The molecular formula is C14H16N6S.